The zero-order chi connectivity index (χ0) is 12.3. The van der Waals surface area contributed by atoms with Crippen LogP contribution < -0.4 is 5.73 Å². The van der Waals surface area contributed by atoms with E-state index in [-0.39, 0.29) is 6.04 Å². The Morgan fingerprint density at radius 3 is 2.94 bits per heavy atom. The standard InChI is InChI=1S/C13H20N4/c1-3-6-17-10-15-8-12(17)9-16-7-4-5-13(16)11(2)14/h4-5,7-8,10-11H,3,6,9,14H2,1-2H3. The van der Waals surface area contributed by atoms with Gasteiger partial charge in [0.25, 0.3) is 0 Å². The van der Waals surface area contributed by atoms with Gasteiger partial charge in [0, 0.05) is 30.7 Å². The van der Waals surface area contributed by atoms with E-state index in [2.05, 4.69) is 33.3 Å². The van der Waals surface area contributed by atoms with Gasteiger partial charge in [-0.3, -0.25) is 0 Å². The summed E-state index contributed by atoms with van der Waals surface area (Å²) in [6.07, 6.45) is 7.02. The SMILES string of the molecule is CCCn1cncc1Cn1cccc1C(C)N. The molecule has 2 N–H and O–H groups in total. The summed E-state index contributed by atoms with van der Waals surface area (Å²) in [5.74, 6) is 0. The molecule has 1 unspecified atom stereocenters. The predicted octanol–water partition coefficient (Wildman–Crippen LogP) is 2.16. The average Bonchev–Trinajstić information content (AvgIpc) is 2.89. The molecule has 0 radical (unpaired) electrons. The Morgan fingerprint density at radius 2 is 2.24 bits per heavy atom. The smallest absolute Gasteiger partial charge is 0.0948 e. The van der Waals surface area contributed by atoms with E-state index < -0.39 is 0 Å². The molecule has 0 aliphatic carbocycles. The summed E-state index contributed by atoms with van der Waals surface area (Å²) in [4.78, 5) is 4.21. The summed E-state index contributed by atoms with van der Waals surface area (Å²) in [5.41, 5.74) is 8.33. The summed E-state index contributed by atoms with van der Waals surface area (Å²) in [6.45, 7) is 6.04. The highest BCUT2D eigenvalue weighted by atomic mass is 15.1. The van der Waals surface area contributed by atoms with Crippen LogP contribution in [0.4, 0.5) is 0 Å². The first-order valence-electron chi connectivity index (χ1n) is 6.12. The fraction of sp³-hybridized carbons (Fsp3) is 0.462. The van der Waals surface area contributed by atoms with E-state index in [1.54, 1.807) is 0 Å². The van der Waals surface area contributed by atoms with Gasteiger partial charge in [0.2, 0.25) is 0 Å². The van der Waals surface area contributed by atoms with Crippen LogP contribution in [0.25, 0.3) is 0 Å². The quantitative estimate of drug-likeness (QED) is 0.858. The van der Waals surface area contributed by atoms with E-state index in [0.29, 0.717) is 0 Å². The molecule has 0 aliphatic rings. The van der Waals surface area contributed by atoms with Crippen molar-refractivity contribution in [2.75, 3.05) is 0 Å². The van der Waals surface area contributed by atoms with Gasteiger partial charge in [0.15, 0.2) is 0 Å². The second-order valence-corrected chi connectivity index (χ2v) is 4.43. The maximum absolute atomic E-state index is 5.94. The van der Waals surface area contributed by atoms with E-state index in [4.69, 9.17) is 5.73 Å². The maximum atomic E-state index is 5.94. The van der Waals surface area contributed by atoms with Crippen LogP contribution >= 0.6 is 0 Å². The normalized spacial score (nSPS) is 12.9. The van der Waals surface area contributed by atoms with E-state index in [1.807, 2.05) is 25.5 Å². The average molecular weight is 232 g/mol. The van der Waals surface area contributed by atoms with Crippen molar-refractivity contribution in [3.63, 3.8) is 0 Å². The Kier molecular flexibility index (Phi) is 3.64. The van der Waals surface area contributed by atoms with Crippen molar-refractivity contribution in [2.24, 2.45) is 5.73 Å². The minimum Gasteiger partial charge on any atom is -0.344 e. The maximum Gasteiger partial charge on any atom is 0.0948 e. The lowest BCUT2D eigenvalue weighted by Gasteiger charge is -2.13. The molecule has 2 aromatic heterocycles. The minimum absolute atomic E-state index is 0.0625. The van der Waals surface area contributed by atoms with Crippen LogP contribution in [0.2, 0.25) is 0 Å². The lowest BCUT2D eigenvalue weighted by atomic mass is 10.2. The minimum atomic E-state index is 0.0625. The summed E-state index contributed by atoms with van der Waals surface area (Å²) >= 11 is 0. The third-order valence-corrected chi connectivity index (χ3v) is 2.93. The lowest BCUT2D eigenvalue weighted by molar-refractivity contribution is 0.604. The van der Waals surface area contributed by atoms with Gasteiger partial charge in [0.1, 0.15) is 0 Å². The van der Waals surface area contributed by atoms with Gasteiger partial charge in [-0.15, -0.1) is 0 Å². The number of hydrogen-bond acceptors (Lipinski definition) is 2. The van der Waals surface area contributed by atoms with Crippen LogP contribution in [0.15, 0.2) is 30.9 Å². The van der Waals surface area contributed by atoms with Gasteiger partial charge in [0.05, 0.1) is 18.6 Å². The lowest BCUT2D eigenvalue weighted by Crippen LogP contribution is -2.14. The number of hydrogen-bond donors (Lipinski definition) is 1. The number of nitrogens with two attached hydrogens (primary N) is 1. The van der Waals surface area contributed by atoms with Gasteiger partial charge in [-0.2, -0.15) is 0 Å². The Balaban J connectivity index is 2.19. The highest BCUT2D eigenvalue weighted by Crippen LogP contribution is 2.13. The number of aryl methyl sites for hydroxylation is 1. The van der Waals surface area contributed by atoms with Crippen LogP contribution in [-0.4, -0.2) is 14.1 Å². The topological polar surface area (TPSA) is 48.8 Å². The zero-order valence-electron chi connectivity index (χ0n) is 10.5. The molecule has 0 amide bonds. The highest BCUT2D eigenvalue weighted by molar-refractivity contribution is 5.13. The summed E-state index contributed by atoms with van der Waals surface area (Å²) < 4.78 is 4.39. The van der Waals surface area contributed by atoms with Crippen molar-refractivity contribution in [2.45, 2.75) is 39.4 Å². The molecule has 2 aromatic rings. The zero-order valence-corrected chi connectivity index (χ0v) is 10.5. The van der Waals surface area contributed by atoms with Gasteiger partial charge < -0.3 is 14.9 Å². The summed E-state index contributed by atoms with van der Waals surface area (Å²) in [5, 5.41) is 0. The van der Waals surface area contributed by atoms with Crippen LogP contribution in [-0.2, 0) is 13.1 Å². The predicted molar refractivity (Wildman–Crippen MR) is 68.7 cm³/mol. The van der Waals surface area contributed by atoms with Crippen molar-refractivity contribution < 1.29 is 0 Å². The molecule has 0 saturated heterocycles. The second-order valence-electron chi connectivity index (χ2n) is 4.43. The third kappa shape index (κ3) is 2.58. The molecule has 17 heavy (non-hydrogen) atoms. The Bertz CT molecular complexity index is 467. The van der Waals surface area contributed by atoms with Gasteiger partial charge in [-0.25, -0.2) is 4.98 Å². The first-order chi connectivity index (χ1) is 8.22. The first kappa shape index (κ1) is 11.9. The Hall–Kier alpha value is -1.55. The fourth-order valence-electron chi connectivity index (χ4n) is 2.08. The van der Waals surface area contributed by atoms with Crippen molar-refractivity contribution in [3.05, 3.63) is 42.2 Å². The Morgan fingerprint density at radius 1 is 1.41 bits per heavy atom. The first-order valence-corrected chi connectivity index (χ1v) is 6.12. The number of rotatable bonds is 5. The molecule has 2 rings (SSSR count). The number of imidazole rings is 1. The molecular weight excluding hydrogens is 212 g/mol. The largest absolute Gasteiger partial charge is 0.344 e. The molecule has 0 aliphatic heterocycles. The van der Waals surface area contributed by atoms with E-state index >= 15 is 0 Å². The molecule has 0 aromatic carbocycles. The fourth-order valence-corrected chi connectivity index (χ4v) is 2.08. The molecule has 2 heterocycles. The summed E-state index contributed by atoms with van der Waals surface area (Å²) in [7, 11) is 0. The molecule has 0 bridgehead atoms. The van der Waals surface area contributed by atoms with Crippen LogP contribution in [0.3, 0.4) is 0 Å². The van der Waals surface area contributed by atoms with Gasteiger partial charge in [-0.05, 0) is 25.5 Å². The molecule has 0 fully saturated rings. The van der Waals surface area contributed by atoms with Crippen molar-refractivity contribution >= 4 is 0 Å². The molecule has 4 nitrogen and oxygen atoms in total. The van der Waals surface area contributed by atoms with Crippen LogP contribution in [0.5, 0.6) is 0 Å². The van der Waals surface area contributed by atoms with Crippen LogP contribution in [0.1, 0.15) is 37.7 Å². The van der Waals surface area contributed by atoms with E-state index in [9.17, 15) is 0 Å². The van der Waals surface area contributed by atoms with Crippen molar-refractivity contribution in [1.29, 1.82) is 0 Å². The van der Waals surface area contributed by atoms with E-state index in [1.165, 1.54) is 5.69 Å². The highest BCUT2D eigenvalue weighted by Gasteiger charge is 2.08. The van der Waals surface area contributed by atoms with E-state index in [0.717, 1.165) is 25.2 Å². The van der Waals surface area contributed by atoms with Crippen LogP contribution in [0, 0.1) is 0 Å². The molecule has 4 heteroatoms. The van der Waals surface area contributed by atoms with Crippen molar-refractivity contribution in [3.8, 4) is 0 Å². The summed E-state index contributed by atoms with van der Waals surface area (Å²) in [6, 6.07) is 4.18. The van der Waals surface area contributed by atoms with Gasteiger partial charge in [-0.1, -0.05) is 6.92 Å². The molecular formula is C13H20N4. The molecule has 0 saturated carbocycles. The Labute approximate surface area is 102 Å². The molecule has 1 atom stereocenters. The third-order valence-electron chi connectivity index (χ3n) is 2.93. The second kappa shape index (κ2) is 5.19. The molecule has 0 spiro atoms. The number of aromatic nitrogens is 3. The monoisotopic (exact) mass is 232 g/mol. The number of nitrogens with zero attached hydrogens (tertiary/aromatic N) is 3. The van der Waals surface area contributed by atoms with Gasteiger partial charge >= 0.3 is 0 Å². The molecule has 92 valence electrons. The van der Waals surface area contributed by atoms with Crippen molar-refractivity contribution in [1.82, 2.24) is 14.1 Å².